The molecule has 1 amide bonds. The minimum Gasteiger partial charge on any atom is -0.351 e. The number of nitrogens with one attached hydrogen (secondary N) is 1. The van der Waals surface area contributed by atoms with Crippen LogP contribution in [0.2, 0.25) is 0 Å². The summed E-state index contributed by atoms with van der Waals surface area (Å²) in [4.78, 5) is 12.3. The topological polar surface area (TPSA) is 29.1 Å². The lowest BCUT2D eigenvalue weighted by molar-refractivity contribution is 0.0935. The molecule has 2 aromatic carbocycles. The summed E-state index contributed by atoms with van der Waals surface area (Å²) in [7, 11) is 0. The number of carbonyl (C=O) groups excluding carboxylic acids is 1. The third-order valence-electron chi connectivity index (χ3n) is 3.71. The molecule has 0 spiro atoms. The van der Waals surface area contributed by atoms with E-state index in [1.54, 1.807) is 0 Å². The highest BCUT2D eigenvalue weighted by Gasteiger charge is 2.20. The van der Waals surface area contributed by atoms with Gasteiger partial charge in [-0.15, -0.1) is 0 Å². The quantitative estimate of drug-likeness (QED) is 0.819. The number of hydrogen-bond donors (Lipinski definition) is 1. The second kappa shape index (κ2) is 7.10. The van der Waals surface area contributed by atoms with Crippen molar-refractivity contribution in [3.63, 3.8) is 0 Å². The van der Waals surface area contributed by atoms with Crippen LogP contribution in [0.3, 0.4) is 0 Å². The zero-order chi connectivity index (χ0) is 16.2. The molecule has 0 radical (unpaired) electrons. The van der Waals surface area contributed by atoms with Gasteiger partial charge in [-0.3, -0.25) is 4.79 Å². The van der Waals surface area contributed by atoms with Crippen LogP contribution >= 0.6 is 15.9 Å². The van der Waals surface area contributed by atoms with Crippen LogP contribution in [0.25, 0.3) is 0 Å². The summed E-state index contributed by atoms with van der Waals surface area (Å²) in [6, 6.07) is 16.0. The van der Waals surface area contributed by atoms with Crippen LogP contribution in [0.15, 0.2) is 53.0 Å². The Labute approximate surface area is 141 Å². The predicted molar refractivity (Wildman–Crippen MR) is 95.1 cm³/mol. The van der Waals surface area contributed by atoms with Gasteiger partial charge < -0.3 is 5.32 Å². The van der Waals surface area contributed by atoms with Gasteiger partial charge in [0.1, 0.15) is 0 Å². The molecule has 0 heterocycles. The number of hydrogen-bond acceptors (Lipinski definition) is 1. The van der Waals surface area contributed by atoms with Gasteiger partial charge in [0.25, 0.3) is 5.91 Å². The Hall–Kier alpha value is -1.61. The maximum absolute atomic E-state index is 12.3. The molecule has 0 aliphatic heterocycles. The zero-order valence-corrected chi connectivity index (χ0v) is 14.9. The number of amides is 1. The molecular formula is C19H22BrNO. The van der Waals surface area contributed by atoms with E-state index in [2.05, 4.69) is 59.4 Å². The van der Waals surface area contributed by atoms with E-state index in [-0.39, 0.29) is 11.3 Å². The van der Waals surface area contributed by atoms with Crippen molar-refractivity contribution >= 4 is 21.8 Å². The van der Waals surface area contributed by atoms with E-state index in [4.69, 9.17) is 0 Å². The molecule has 0 aromatic heterocycles. The monoisotopic (exact) mass is 359 g/mol. The van der Waals surface area contributed by atoms with Crippen molar-refractivity contribution in [3.05, 3.63) is 69.7 Å². The summed E-state index contributed by atoms with van der Waals surface area (Å²) in [5.41, 5.74) is 3.04. The van der Waals surface area contributed by atoms with Crippen molar-refractivity contribution in [1.29, 1.82) is 0 Å². The maximum Gasteiger partial charge on any atom is 0.251 e. The van der Waals surface area contributed by atoms with Crippen molar-refractivity contribution in [3.8, 4) is 0 Å². The fourth-order valence-electron chi connectivity index (χ4n) is 2.46. The Kier molecular flexibility index (Phi) is 5.41. The van der Waals surface area contributed by atoms with Crippen molar-refractivity contribution in [1.82, 2.24) is 5.32 Å². The zero-order valence-electron chi connectivity index (χ0n) is 13.3. The average Bonchev–Trinajstić information content (AvgIpc) is 2.48. The van der Waals surface area contributed by atoms with Gasteiger partial charge in [0.2, 0.25) is 0 Å². The molecule has 0 fully saturated rings. The lowest BCUT2D eigenvalue weighted by atomic mass is 9.85. The number of halogens is 1. The van der Waals surface area contributed by atoms with Gasteiger partial charge >= 0.3 is 0 Å². The third kappa shape index (κ3) is 4.70. The Morgan fingerprint density at radius 3 is 2.36 bits per heavy atom. The molecule has 0 unspecified atom stereocenters. The van der Waals surface area contributed by atoms with Gasteiger partial charge in [-0.1, -0.05) is 60.1 Å². The van der Waals surface area contributed by atoms with Crippen LogP contribution in [0.1, 0.15) is 35.3 Å². The van der Waals surface area contributed by atoms with Crippen LogP contribution in [-0.4, -0.2) is 12.5 Å². The summed E-state index contributed by atoms with van der Waals surface area (Å²) in [5, 5.41) is 3.06. The van der Waals surface area contributed by atoms with Gasteiger partial charge in [-0.25, -0.2) is 0 Å². The lowest BCUT2D eigenvalue weighted by Crippen LogP contribution is -2.35. The van der Waals surface area contributed by atoms with Crippen LogP contribution in [0.4, 0.5) is 0 Å². The maximum atomic E-state index is 12.3. The third-order valence-corrected chi connectivity index (χ3v) is 4.24. The van der Waals surface area contributed by atoms with Crippen LogP contribution in [0, 0.1) is 12.3 Å². The van der Waals surface area contributed by atoms with E-state index in [0.29, 0.717) is 6.54 Å². The van der Waals surface area contributed by atoms with E-state index >= 15 is 0 Å². The Bertz CT molecular complexity index is 647. The van der Waals surface area contributed by atoms with Crippen LogP contribution < -0.4 is 5.32 Å². The SMILES string of the molecule is Cc1ccccc1C(=O)NCC(C)(C)Cc1ccc(Br)cc1. The van der Waals surface area contributed by atoms with Gasteiger partial charge in [0.05, 0.1) is 0 Å². The standard InChI is InChI=1S/C19H22BrNO/c1-14-6-4-5-7-17(14)18(22)21-13-19(2,3)12-15-8-10-16(20)11-9-15/h4-11H,12-13H2,1-3H3,(H,21,22). The van der Waals surface area contributed by atoms with E-state index in [1.165, 1.54) is 5.56 Å². The van der Waals surface area contributed by atoms with Crippen LogP contribution in [-0.2, 0) is 6.42 Å². The normalized spacial score (nSPS) is 11.3. The van der Waals surface area contributed by atoms with Crippen molar-refractivity contribution in [2.45, 2.75) is 27.2 Å². The first-order valence-electron chi connectivity index (χ1n) is 7.46. The second-order valence-corrected chi connectivity index (χ2v) is 7.38. The average molecular weight is 360 g/mol. The molecule has 0 bridgehead atoms. The van der Waals surface area contributed by atoms with Crippen molar-refractivity contribution < 1.29 is 4.79 Å². The van der Waals surface area contributed by atoms with Gasteiger partial charge in [0.15, 0.2) is 0 Å². The van der Waals surface area contributed by atoms with E-state index in [1.807, 2.05) is 31.2 Å². The predicted octanol–water partition coefficient (Wildman–Crippen LogP) is 4.76. The number of benzene rings is 2. The van der Waals surface area contributed by atoms with Crippen molar-refractivity contribution in [2.75, 3.05) is 6.54 Å². The summed E-state index contributed by atoms with van der Waals surface area (Å²) < 4.78 is 1.09. The first kappa shape index (κ1) is 16.8. The smallest absolute Gasteiger partial charge is 0.251 e. The second-order valence-electron chi connectivity index (χ2n) is 6.47. The molecule has 0 atom stereocenters. The van der Waals surface area contributed by atoms with E-state index in [0.717, 1.165) is 22.0 Å². The summed E-state index contributed by atoms with van der Waals surface area (Å²) >= 11 is 3.45. The fourth-order valence-corrected chi connectivity index (χ4v) is 2.72. The molecule has 2 nitrogen and oxygen atoms in total. The molecule has 2 rings (SSSR count). The highest BCUT2D eigenvalue weighted by Crippen LogP contribution is 2.22. The van der Waals surface area contributed by atoms with E-state index in [9.17, 15) is 4.79 Å². The first-order valence-corrected chi connectivity index (χ1v) is 8.25. The Morgan fingerprint density at radius 2 is 1.73 bits per heavy atom. The lowest BCUT2D eigenvalue weighted by Gasteiger charge is -2.25. The summed E-state index contributed by atoms with van der Waals surface area (Å²) in [6.07, 6.45) is 0.925. The molecule has 0 saturated carbocycles. The minimum absolute atomic E-state index is 0.00183. The largest absolute Gasteiger partial charge is 0.351 e. The molecule has 116 valence electrons. The Balaban J connectivity index is 1.96. The highest BCUT2D eigenvalue weighted by molar-refractivity contribution is 9.10. The number of rotatable bonds is 5. The van der Waals surface area contributed by atoms with Gasteiger partial charge in [0, 0.05) is 16.6 Å². The summed E-state index contributed by atoms with van der Waals surface area (Å²) in [5.74, 6) is 0.00183. The van der Waals surface area contributed by atoms with Gasteiger partial charge in [-0.2, -0.15) is 0 Å². The highest BCUT2D eigenvalue weighted by atomic mass is 79.9. The molecule has 0 saturated heterocycles. The van der Waals surface area contributed by atoms with Gasteiger partial charge in [-0.05, 0) is 48.1 Å². The molecule has 22 heavy (non-hydrogen) atoms. The molecular weight excluding hydrogens is 338 g/mol. The minimum atomic E-state index is 0.00183. The van der Waals surface area contributed by atoms with Crippen LogP contribution in [0.5, 0.6) is 0 Å². The van der Waals surface area contributed by atoms with E-state index < -0.39 is 0 Å². The molecule has 0 aliphatic carbocycles. The molecule has 2 aromatic rings. The Morgan fingerprint density at radius 1 is 1.09 bits per heavy atom. The molecule has 3 heteroatoms. The fraction of sp³-hybridized carbons (Fsp3) is 0.316. The number of aryl methyl sites for hydroxylation is 1. The van der Waals surface area contributed by atoms with Crippen molar-refractivity contribution in [2.24, 2.45) is 5.41 Å². The molecule has 1 N–H and O–H groups in total. The first-order chi connectivity index (χ1) is 10.4. The number of carbonyl (C=O) groups is 1. The molecule has 0 aliphatic rings. The summed E-state index contributed by atoms with van der Waals surface area (Å²) in [6.45, 7) is 6.96.